The van der Waals surface area contributed by atoms with E-state index in [1.807, 2.05) is 0 Å². The van der Waals surface area contributed by atoms with Crippen LogP contribution in [0, 0.1) is 6.92 Å². The van der Waals surface area contributed by atoms with Crippen LogP contribution in [-0.2, 0) is 17.5 Å². The Balaban J connectivity index is 1.83. The Hall–Kier alpha value is -2.68. The largest absolute Gasteiger partial charge is 0.456 e. The van der Waals surface area contributed by atoms with Crippen LogP contribution in [0.1, 0.15) is 27.3 Å². The van der Waals surface area contributed by atoms with Crippen LogP contribution >= 0.6 is 11.3 Å². The number of ether oxygens (including phenoxy) is 1. The average molecular weight is 368 g/mol. The predicted molar refractivity (Wildman–Crippen MR) is 84.6 cm³/mol. The third kappa shape index (κ3) is 3.41. The van der Waals surface area contributed by atoms with Gasteiger partial charge in [0.15, 0.2) is 4.96 Å². The van der Waals surface area contributed by atoms with Crippen molar-refractivity contribution in [1.82, 2.24) is 9.38 Å². The van der Waals surface area contributed by atoms with Crippen molar-refractivity contribution in [3.05, 3.63) is 68.6 Å². The first kappa shape index (κ1) is 17.2. The first-order chi connectivity index (χ1) is 11.8. The summed E-state index contributed by atoms with van der Waals surface area (Å²) in [5.41, 5.74) is -1.10. The van der Waals surface area contributed by atoms with Crippen molar-refractivity contribution in [3.63, 3.8) is 0 Å². The fourth-order valence-electron chi connectivity index (χ4n) is 2.30. The third-order valence-electron chi connectivity index (χ3n) is 3.43. The van der Waals surface area contributed by atoms with Gasteiger partial charge in [0.1, 0.15) is 6.61 Å². The minimum absolute atomic E-state index is 0.171. The summed E-state index contributed by atoms with van der Waals surface area (Å²) in [7, 11) is 0. The molecule has 3 rings (SSSR count). The van der Waals surface area contributed by atoms with E-state index in [2.05, 4.69) is 4.98 Å². The molecule has 0 unspecified atom stereocenters. The molecule has 0 spiro atoms. The molecule has 2 heterocycles. The highest BCUT2D eigenvalue weighted by atomic mass is 32.1. The van der Waals surface area contributed by atoms with Gasteiger partial charge in [-0.3, -0.25) is 9.20 Å². The van der Waals surface area contributed by atoms with Gasteiger partial charge in [0.05, 0.1) is 16.8 Å². The van der Waals surface area contributed by atoms with Gasteiger partial charge in [-0.15, -0.1) is 11.3 Å². The van der Waals surface area contributed by atoms with E-state index in [4.69, 9.17) is 4.74 Å². The summed E-state index contributed by atoms with van der Waals surface area (Å²) in [5.74, 6) is -1.13. The van der Waals surface area contributed by atoms with E-state index in [9.17, 15) is 22.8 Å². The molecule has 0 atom stereocenters. The summed E-state index contributed by atoms with van der Waals surface area (Å²) in [5, 5.41) is 1.75. The number of hydrogen-bond acceptors (Lipinski definition) is 5. The number of alkyl halides is 3. The average Bonchev–Trinajstić information content (AvgIpc) is 2.93. The van der Waals surface area contributed by atoms with Crippen molar-refractivity contribution in [2.45, 2.75) is 19.7 Å². The van der Waals surface area contributed by atoms with Gasteiger partial charge < -0.3 is 4.74 Å². The second kappa shape index (κ2) is 6.32. The van der Waals surface area contributed by atoms with Crippen LogP contribution < -0.4 is 5.56 Å². The normalized spacial score (nSPS) is 11.7. The van der Waals surface area contributed by atoms with Gasteiger partial charge in [0.2, 0.25) is 0 Å². The molecule has 0 aliphatic heterocycles. The molecule has 3 aromatic rings. The first-order valence-corrected chi connectivity index (χ1v) is 7.95. The lowest BCUT2D eigenvalue weighted by Crippen LogP contribution is -2.17. The molecule has 0 N–H and O–H groups in total. The minimum atomic E-state index is -4.67. The molecule has 0 saturated heterocycles. The maximum atomic E-state index is 12.9. The number of aryl methyl sites for hydroxylation is 1. The summed E-state index contributed by atoms with van der Waals surface area (Å²) < 4.78 is 45.1. The highest BCUT2D eigenvalue weighted by Crippen LogP contribution is 2.32. The summed E-state index contributed by atoms with van der Waals surface area (Å²) >= 11 is 1.24. The molecule has 0 aliphatic carbocycles. The molecule has 0 aliphatic rings. The minimum Gasteiger partial charge on any atom is -0.456 e. The topological polar surface area (TPSA) is 60.7 Å². The van der Waals surface area contributed by atoms with Crippen LogP contribution in [-0.4, -0.2) is 15.4 Å². The number of carbonyl (C=O) groups excluding carboxylic acids is 1. The molecule has 130 valence electrons. The number of carbonyl (C=O) groups is 1. The summed E-state index contributed by atoms with van der Waals surface area (Å²) in [6.07, 6.45) is -4.67. The number of aromatic nitrogens is 2. The van der Waals surface area contributed by atoms with Crippen LogP contribution in [0.4, 0.5) is 13.2 Å². The molecular weight excluding hydrogens is 357 g/mol. The molecule has 0 saturated carbocycles. The quantitative estimate of drug-likeness (QED) is 0.665. The van der Waals surface area contributed by atoms with Gasteiger partial charge in [-0.1, -0.05) is 12.1 Å². The van der Waals surface area contributed by atoms with Crippen molar-refractivity contribution in [1.29, 1.82) is 0 Å². The number of rotatable bonds is 3. The number of nitrogens with zero attached hydrogens (tertiary/aromatic N) is 2. The number of hydrogen-bond donors (Lipinski definition) is 0. The molecule has 0 amide bonds. The van der Waals surface area contributed by atoms with Gasteiger partial charge in [-0.05, 0) is 19.1 Å². The molecular formula is C16H11F3N2O3S. The highest BCUT2D eigenvalue weighted by Gasteiger charge is 2.35. The molecule has 5 nitrogen and oxygen atoms in total. The third-order valence-corrected chi connectivity index (χ3v) is 4.38. The van der Waals surface area contributed by atoms with Gasteiger partial charge in [-0.25, -0.2) is 9.78 Å². The number of thiazole rings is 1. The molecule has 9 heteroatoms. The highest BCUT2D eigenvalue weighted by molar-refractivity contribution is 7.15. The second-order valence-corrected chi connectivity index (χ2v) is 6.04. The summed E-state index contributed by atoms with van der Waals surface area (Å²) in [4.78, 5) is 28.6. The van der Waals surface area contributed by atoms with Crippen molar-refractivity contribution < 1.29 is 22.7 Å². The standard InChI is InChI=1S/C16H11F3N2O3S/c1-9-8-25-15-20-10(6-13(22)21(9)15)7-24-14(23)11-4-2-3-5-12(11)16(17,18)19/h2-6,8H,7H2,1H3. The van der Waals surface area contributed by atoms with Crippen molar-refractivity contribution in [3.8, 4) is 0 Å². The van der Waals surface area contributed by atoms with E-state index in [1.165, 1.54) is 33.9 Å². The SMILES string of the molecule is Cc1csc2nc(COC(=O)c3ccccc3C(F)(F)F)cc(=O)n12. The first-order valence-electron chi connectivity index (χ1n) is 7.07. The maximum absolute atomic E-state index is 12.9. The van der Waals surface area contributed by atoms with Crippen molar-refractivity contribution in [2.75, 3.05) is 0 Å². The second-order valence-electron chi connectivity index (χ2n) is 5.20. The van der Waals surface area contributed by atoms with Crippen LogP contribution in [0.5, 0.6) is 0 Å². The molecule has 0 bridgehead atoms. The zero-order valence-corrected chi connectivity index (χ0v) is 13.6. The number of esters is 1. The Morgan fingerprint density at radius 2 is 2.04 bits per heavy atom. The van der Waals surface area contributed by atoms with Crippen LogP contribution in [0.15, 0.2) is 40.5 Å². The predicted octanol–water partition coefficient (Wildman–Crippen LogP) is 3.44. The van der Waals surface area contributed by atoms with Crippen LogP contribution in [0.25, 0.3) is 4.96 Å². The smallest absolute Gasteiger partial charge is 0.417 e. The molecule has 25 heavy (non-hydrogen) atoms. The van der Waals surface area contributed by atoms with E-state index >= 15 is 0 Å². The monoisotopic (exact) mass is 368 g/mol. The van der Waals surface area contributed by atoms with Crippen molar-refractivity contribution >= 4 is 22.3 Å². The lowest BCUT2D eigenvalue weighted by atomic mass is 10.1. The van der Waals surface area contributed by atoms with E-state index < -0.39 is 29.9 Å². The summed E-state index contributed by atoms with van der Waals surface area (Å²) in [6, 6.07) is 5.54. The fraction of sp³-hybridized carbons (Fsp3) is 0.188. The Kier molecular flexibility index (Phi) is 4.34. The lowest BCUT2D eigenvalue weighted by Gasteiger charge is -2.12. The van der Waals surface area contributed by atoms with E-state index in [1.54, 1.807) is 12.3 Å². The number of fused-ring (bicyclic) bond motifs is 1. The van der Waals surface area contributed by atoms with Crippen LogP contribution in [0.2, 0.25) is 0 Å². The lowest BCUT2D eigenvalue weighted by molar-refractivity contribution is -0.138. The Labute approximate surface area is 143 Å². The zero-order valence-electron chi connectivity index (χ0n) is 12.8. The van der Waals surface area contributed by atoms with E-state index in [0.29, 0.717) is 4.96 Å². The van der Waals surface area contributed by atoms with E-state index in [-0.39, 0.29) is 11.3 Å². The van der Waals surface area contributed by atoms with E-state index in [0.717, 1.165) is 17.8 Å². The Bertz CT molecular complexity index is 1010. The van der Waals surface area contributed by atoms with Gasteiger partial charge in [-0.2, -0.15) is 13.2 Å². The maximum Gasteiger partial charge on any atom is 0.417 e. The molecule has 0 radical (unpaired) electrons. The van der Waals surface area contributed by atoms with Gasteiger partial charge in [0.25, 0.3) is 5.56 Å². The Morgan fingerprint density at radius 3 is 2.76 bits per heavy atom. The summed E-state index contributed by atoms with van der Waals surface area (Å²) in [6.45, 7) is 1.36. The molecule has 0 fully saturated rings. The van der Waals surface area contributed by atoms with Crippen LogP contribution in [0.3, 0.4) is 0 Å². The number of halogens is 3. The molecule has 2 aromatic heterocycles. The van der Waals surface area contributed by atoms with Gasteiger partial charge in [0, 0.05) is 17.1 Å². The zero-order chi connectivity index (χ0) is 18.2. The molecule has 1 aromatic carbocycles. The number of benzene rings is 1. The van der Waals surface area contributed by atoms with Gasteiger partial charge >= 0.3 is 12.1 Å². The van der Waals surface area contributed by atoms with Crippen molar-refractivity contribution in [2.24, 2.45) is 0 Å². The fourth-order valence-corrected chi connectivity index (χ4v) is 3.19. The Morgan fingerprint density at radius 1 is 1.32 bits per heavy atom.